The molecule has 0 spiro atoms. The molecule has 2 aromatic rings. The molecule has 7 heteroatoms. The first-order valence-electron chi connectivity index (χ1n) is 8.66. The summed E-state index contributed by atoms with van der Waals surface area (Å²) in [4.78, 5) is 12.7. The van der Waals surface area contributed by atoms with Crippen LogP contribution in [0.3, 0.4) is 0 Å². The van der Waals surface area contributed by atoms with Crippen molar-refractivity contribution >= 4 is 41.3 Å². The van der Waals surface area contributed by atoms with Crippen LogP contribution < -0.4 is 10.6 Å². The molecule has 1 aromatic carbocycles. The summed E-state index contributed by atoms with van der Waals surface area (Å²) in [5, 5.41) is 7.85. The molecule has 0 radical (unpaired) electrons. The number of guanidine groups is 1. The van der Waals surface area contributed by atoms with E-state index in [0.29, 0.717) is 6.54 Å². The van der Waals surface area contributed by atoms with Gasteiger partial charge in [-0.1, -0.05) is 24.3 Å². The Bertz CT molecular complexity index is 712. The Kier molecular flexibility index (Phi) is 10.1. The lowest BCUT2D eigenvalue weighted by Gasteiger charge is -2.14. The molecular weight excluding hydrogens is 457 g/mol. The molecule has 26 heavy (non-hydrogen) atoms. The van der Waals surface area contributed by atoms with Crippen molar-refractivity contribution in [2.24, 2.45) is 4.99 Å². The van der Waals surface area contributed by atoms with E-state index in [1.807, 2.05) is 6.92 Å². The van der Waals surface area contributed by atoms with Crippen LogP contribution in [0.25, 0.3) is 0 Å². The number of aryl methyl sites for hydroxylation is 2. The summed E-state index contributed by atoms with van der Waals surface area (Å²) in [6.45, 7) is 9.37. The number of aromatic nitrogens is 1. The first kappa shape index (κ1) is 22.9. The fourth-order valence-corrected chi connectivity index (χ4v) is 3.49. The van der Waals surface area contributed by atoms with Gasteiger partial charge in [-0.25, -0.2) is 9.98 Å². The summed E-state index contributed by atoms with van der Waals surface area (Å²) in [6, 6.07) is 8.50. The lowest BCUT2D eigenvalue weighted by atomic mass is 10.1. The zero-order chi connectivity index (χ0) is 18.2. The number of rotatable bonds is 7. The highest BCUT2D eigenvalue weighted by atomic mass is 127. The SMILES string of the molecule is CCNC(=NCc1ccccc1CN(C)C)NCc1sc(C)nc1C.I. The summed E-state index contributed by atoms with van der Waals surface area (Å²) >= 11 is 1.74. The summed E-state index contributed by atoms with van der Waals surface area (Å²) in [5.41, 5.74) is 3.68. The van der Waals surface area contributed by atoms with Gasteiger partial charge < -0.3 is 15.5 Å². The van der Waals surface area contributed by atoms with E-state index in [4.69, 9.17) is 4.99 Å². The number of halogens is 1. The van der Waals surface area contributed by atoms with Gasteiger partial charge >= 0.3 is 0 Å². The van der Waals surface area contributed by atoms with Crippen molar-refractivity contribution < 1.29 is 0 Å². The van der Waals surface area contributed by atoms with Crippen LogP contribution in [0, 0.1) is 13.8 Å². The Hall–Kier alpha value is -1.19. The molecule has 1 aromatic heterocycles. The minimum Gasteiger partial charge on any atom is -0.357 e. The highest BCUT2D eigenvalue weighted by molar-refractivity contribution is 14.0. The molecule has 1 heterocycles. The van der Waals surface area contributed by atoms with Crippen molar-refractivity contribution in [2.45, 2.75) is 40.4 Å². The van der Waals surface area contributed by atoms with Crippen LogP contribution in [0.4, 0.5) is 0 Å². The minimum absolute atomic E-state index is 0. The standard InChI is InChI=1S/C19H29N5S.HI/c1-6-20-19(22-12-18-14(2)23-15(3)25-18)21-11-16-9-7-8-10-17(16)13-24(4)5;/h7-10H,6,11-13H2,1-5H3,(H2,20,21,22);1H. The highest BCUT2D eigenvalue weighted by Gasteiger charge is 2.07. The van der Waals surface area contributed by atoms with Crippen LogP contribution in [0.15, 0.2) is 29.3 Å². The van der Waals surface area contributed by atoms with E-state index in [1.165, 1.54) is 16.0 Å². The molecule has 0 unspecified atom stereocenters. The normalized spacial score (nSPS) is 11.4. The molecule has 0 saturated heterocycles. The largest absolute Gasteiger partial charge is 0.357 e. The van der Waals surface area contributed by atoms with Crippen LogP contribution in [-0.2, 0) is 19.6 Å². The molecule has 5 nitrogen and oxygen atoms in total. The van der Waals surface area contributed by atoms with Gasteiger partial charge in [0.2, 0.25) is 0 Å². The number of hydrogen-bond acceptors (Lipinski definition) is 4. The Morgan fingerprint density at radius 2 is 1.85 bits per heavy atom. The lowest BCUT2D eigenvalue weighted by Crippen LogP contribution is -2.36. The van der Waals surface area contributed by atoms with Gasteiger partial charge in [-0.05, 0) is 46.0 Å². The van der Waals surface area contributed by atoms with Gasteiger partial charge in [-0.2, -0.15) is 0 Å². The minimum atomic E-state index is 0. The van der Waals surface area contributed by atoms with E-state index in [1.54, 1.807) is 11.3 Å². The quantitative estimate of drug-likeness (QED) is 0.356. The smallest absolute Gasteiger partial charge is 0.191 e. The molecule has 0 aliphatic heterocycles. The first-order chi connectivity index (χ1) is 12.0. The average Bonchev–Trinajstić information content (AvgIpc) is 2.88. The van der Waals surface area contributed by atoms with Crippen LogP contribution in [-0.4, -0.2) is 36.5 Å². The Morgan fingerprint density at radius 3 is 2.42 bits per heavy atom. The zero-order valence-electron chi connectivity index (χ0n) is 16.3. The number of nitrogens with one attached hydrogen (secondary N) is 2. The maximum absolute atomic E-state index is 4.76. The van der Waals surface area contributed by atoms with Gasteiger partial charge in [0.15, 0.2) is 5.96 Å². The number of thiazole rings is 1. The second-order valence-electron chi connectivity index (χ2n) is 6.30. The first-order valence-corrected chi connectivity index (χ1v) is 9.47. The fourth-order valence-electron chi connectivity index (χ4n) is 2.61. The summed E-state index contributed by atoms with van der Waals surface area (Å²) in [6.07, 6.45) is 0. The summed E-state index contributed by atoms with van der Waals surface area (Å²) in [5.74, 6) is 0.840. The van der Waals surface area contributed by atoms with E-state index in [2.05, 4.69) is 72.7 Å². The van der Waals surface area contributed by atoms with E-state index < -0.39 is 0 Å². The van der Waals surface area contributed by atoms with E-state index in [9.17, 15) is 0 Å². The van der Waals surface area contributed by atoms with Gasteiger partial charge in [0.1, 0.15) is 0 Å². The molecule has 0 bridgehead atoms. The van der Waals surface area contributed by atoms with Gasteiger partial charge in [-0.3, -0.25) is 0 Å². The molecule has 0 fully saturated rings. The third-order valence-electron chi connectivity index (χ3n) is 3.77. The number of aliphatic imine (C=N–C) groups is 1. The molecule has 144 valence electrons. The summed E-state index contributed by atoms with van der Waals surface area (Å²) in [7, 11) is 4.18. The number of nitrogens with zero attached hydrogens (tertiary/aromatic N) is 3. The molecule has 2 N–H and O–H groups in total. The maximum Gasteiger partial charge on any atom is 0.191 e. The Morgan fingerprint density at radius 1 is 1.15 bits per heavy atom. The van der Waals surface area contributed by atoms with Crippen molar-refractivity contribution in [3.8, 4) is 0 Å². The summed E-state index contributed by atoms with van der Waals surface area (Å²) < 4.78 is 0. The topological polar surface area (TPSA) is 52.6 Å². The zero-order valence-corrected chi connectivity index (χ0v) is 19.4. The van der Waals surface area contributed by atoms with Gasteiger partial charge in [-0.15, -0.1) is 35.3 Å². The maximum atomic E-state index is 4.76. The van der Waals surface area contributed by atoms with Crippen molar-refractivity contribution in [3.63, 3.8) is 0 Å². The molecule has 0 aliphatic carbocycles. The second kappa shape index (κ2) is 11.5. The predicted octanol–water partition coefficient (Wildman–Crippen LogP) is 3.69. The Balaban J connectivity index is 0.00000338. The van der Waals surface area contributed by atoms with Crippen LogP contribution in [0.5, 0.6) is 0 Å². The second-order valence-corrected chi connectivity index (χ2v) is 7.58. The van der Waals surface area contributed by atoms with Crippen molar-refractivity contribution in [1.82, 2.24) is 20.5 Å². The highest BCUT2D eigenvalue weighted by Crippen LogP contribution is 2.16. The fraction of sp³-hybridized carbons (Fsp3) is 0.474. The predicted molar refractivity (Wildman–Crippen MR) is 122 cm³/mol. The van der Waals surface area contributed by atoms with Crippen LogP contribution in [0.1, 0.15) is 33.6 Å². The molecule has 0 atom stereocenters. The number of benzene rings is 1. The van der Waals surface area contributed by atoms with E-state index in [-0.39, 0.29) is 24.0 Å². The number of hydrogen-bond donors (Lipinski definition) is 2. The van der Waals surface area contributed by atoms with E-state index in [0.717, 1.165) is 36.3 Å². The van der Waals surface area contributed by atoms with Gasteiger partial charge in [0, 0.05) is 18.0 Å². The lowest BCUT2D eigenvalue weighted by molar-refractivity contribution is 0.401. The third-order valence-corrected chi connectivity index (χ3v) is 4.85. The van der Waals surface area contributed by atoms with Crippen molar-refractivity contribution in [2.75, 3.05) is 20.6 Å². The average molecular weight is 487 g/mol. The van der Waals surface area contributed by atoms with Gasteiger partial charge in [0.05, 0.1) is 23.8 Å². The molecule has 0 amide bonds. The van der Waals surface area contributed by atoms with Crippen LogP contribution >= 0.6 is 35.3 Å². The third kappa shape index (κ3) is 7.20. The molecule has 0 aliphatic rings. The van der Waals surface area contributed by atoms with Gasteiger partial charge in [0.25, 0.3) is 0 Å². The van der Waals surface area contributed by atoms with Crippen molar-refractivity contribution in [3.05, 3.63) is 51.0 Å². The monoisotopic (exact) mass is 487 g/mol. The molecule has 2 rings (SSSR count). The van der Waals surface area contributed by atoms with Crippen molar-refractivity contribution in [1.29, 1.82) is 0 Å². The Labute approximate surface area is 178 Å². The van der Waals surface area contributed by atoms with Crippen LogP contribution in [0.2, 0.25) is 0 Å². The van der Waals surface area contributed by atoms with E-state index >= 15 is 0 Å². The molecular formula is C19H30IN5S. The molecule has 0 saturated carbocycles.